The summed E-state index contributed by atoms with van der Waals surface area (Å²) in [7, 11) is 0. The van der Waals surface area contributed by atoms with Crippen molar-refractivity contribution >= 4 is 28.6 Å². The van der Waals surface area contributed by atoms with Gasteiger partial charge in [0.1, 0.15) is 23.6 Å². The zero-order valence-electron chi connectivity index (χ0n) is 15.1. The maximum Gasteiger partial charge on any atom is 0.227 e. The number of fused-ring (bicyclic) bond motifs is 1. The molecule has 2 aliphatic rings. The minimum atomic E-state index is 0.735. The standard InChI is InChI=1S/C18H22N8O/c1-3-19-16-14(1)17(22-13-21-16)25-7-5-24(6-8-25)15-2-4-20-18(23-15)26-9-11-27-12-10-26/h1-4,13H,5-12H2,(H,19,21,22). The van der Waals surface area contributed by atoms with Crippen molar-refractivity contribution < 1.29 is 4.74 Å². The summed E-state index contributed by atoms with van der Waals surface area (Å²) in [5.74, 6) is 2.78. The third kappa shape index (κ3) is 3.14. The lowest BCUT2D eigenvalue weighted by Crippen LogP contribution is -2.47. The zero-order chi connectivity index (χ0) is 18.1. The lowest BCUT2D eigenvalue weighted by Gasteiger charge is -2.36. The molecule has 0 saturated carbocycles. The number of hydrogen-bond acceptors (Lipinski definition) is 8. The van der Waals surface area contributed by atoms with Gasteiger partial charge in [-0.05, 0) is 12.1 Å². The Morgan fingerprint density at radius 1 is 0.852 bits per heavy atom. The first kappa shape index (κ1) is 16.2. The highest BCUT2D eigenvalue weighted by atomic mass is 16.5. The summed E-state index contributed by atoms with van der Waals surface area (Å²) in [6.07, 6.45) is 5.39. The Balaban J connectivity index is 1.30. The van der Waals surface area contributed by atoms with E-state index in [2.05, 4.69) is 34.6 Å². The van der Waals surface area contributed by atoms with E-state index >= 15 is 0 Å². The van der Waals surface area contributed by atoms with Crippen molar-refractivity contribution in [3.05, 3.63) is 30.9 Å². The second-order valence-electron chi connectivity index (χ2n) is 6.73. The van der Waals surface area contributed by atoms with Gasteiger partial charge in [-0.25, -0.2) is 15.0 Å². The fraction of sp³-hybridized carbons (Fsp3) is 0.444. The molecule has 2 aliphatic heterocycles. The second-order valence-corrected chi connectivity index (χ2v) is 6.73. The molecule has 2 saturated heterocycles. The Morgan fingerprint density at radius 3 is 2.52 bits per heavy atom. The number of hydrogen-bond donors (Lipinski definition) is 1. The van der Waals surface area contributed by atoms with Crippen molar-refractivity contribution in [2.24, 2.45) is 0 Å². The van der Waals surface area contributed by atoms with Crippen LogP contribution in [-0.4, -0.2) is 77.4 Å². The van der Waals surface area contributed by atoms with Crippen LogP contribution in [0.3, 0.4) is 0 Å². The van der Waals surface area contributed by atoms with Gasteiger partial charge in [-0.1, -0.05) is 0 Å². The predicted octanol–water partition coefficient (Wildman–Crippen LogP) is 0.911. The molecule has 0 aromatic carbocycles. The molecule has 0 aliphatic carbocycles. The number of piperazine rings is 1. The van der Waals surface area contributed by atoms with Crippen LogP contribution in [0.25, 0.3) is 11.0 Å². The predicted molar refractivity (Wildman–Crippen MR) is 103 cm³/mol. The van der Waals surface area contributed by atoms with Gasteiger partial charge in [0.05, 0.1) is 18.6 Å². The third-order valence-corrected chi connectivity index (χ3v) is 5.16. The van der Waals surface area contributed by atoms with Crippen LogP contribution in [0.4, 0.5) is 17.6 Å². The highest BCUT2D eigenvalue weighted by molar-refractivity contribution is 5.87. The summed E-state index contributed by atoms with van der Waals surface area (Å²) in [6.45, 7) is 6.75. The number of nitrogens with one attached hydrogen (secondary N) is 1. The van der Waals surface area contributed by atoms with Gasteiger partial charge in [0, 0.05) is 51.7 Å². The quantitative estimate of drug-likeness (QED) is 0.732. The van der Waals surface area contributed by atoms with E-state index < -0.39 is 0 Å². The van der Waals surface area contributed by atoms with E-state index in [1.807, 2.05) is 24.5 Å². The van der Waals surface area contributed by atoms with Crippen molar-refractivity contribution in [1.29, 1.82) is 0 Å². The van der Waals surface area contributed by atoms with Crippen molar-refractivity contribution in [2.45, 2.75) is 0 Å². The average molecular weight is 366 g/mol. The van der Waals surface area contributed by atoms with E-state index in [1.165, 1.54) is 0 Å². The fourth-order valence-electron chi connectivity index (χ4n) is 3.69. The number of rotatable bonds is 3. The van der Waals surface area contributed by atoms with E-state index in [-0.39, 0.29) is 0 Å². The number of anilines is 3. The van der Waals surface area contributed by atoms with E-state index in [0.717, 1.165) is 81.1 Å². The molecule has 0 radical (unpaired) electrons. The second kappa shape index (κ2) is 6.99. The molecule has 0 unspecified atom stereocenters. The van der Waals surface area contributed by atoms with E-state index in [1.54, 1.807) is 6.33 Å². The van der Waals surface area contributed by atoms with E-state index in [4.69, 9.17) is 9.72 Å². The van der Waals surface area contributed by atoms with Crippen LogP contribution < -0.4 is 14.7 Å². The number of H-pyrrole nitrogens is 1. The van der Waals surface area contributed by atoms with Crippen molar-refractivity contribution in [3.63, 3.8) is 0 Å². The van der Waals surface area contributed by atoms with E-state index in [9.17, 15) is 0 Å². The zero-order valence-corrected chi connectivity index (χ0v) is 15.1. The van der Waals surface area contributed by atoms with Gasteiger partial charge in [-0.2, -0.15) is 4.98 Å². The van der Waals surface area contributed by atoms with Gasteiger partial charge in [0.15, 0.2) is 0 Å². The van der Waals surface area contributed by atoms with Crippen molar-refractivity contribution in [2.75, 3.05) is 67.2 Å². The Kier molecular flexibility index (Phi) is 4.21. The largest absolute Gasteiger partial charge is 0.378 e. The molecule has 0 bridgehead atoms. The molecule has 9 heteroatoms. The minimum Gasteiger partial charge on any atom is -0.378 e. The van der Waals surface area contributed by atoms with Crippen LogP contribution in [0.2, 0.25) is 0 Å². The molecule has 140 valence electrons. The van der Waals surface area contributed by atoms with Gasteiger partial charge in [-0.3, -0.25) is 0 Å². The molecule has 3 aromatic heterocycles. The number of aromatic amines is 1. The Morgan fingerprint density at radius 2 is 1.67 bits per heavy atom. The first-order chi connectivity index (χ1) is 13.4. The molecule has 0 amide bonds. The molecular weight excluding hydrogens is 344 g/mol. The van der Waals surface area contributed by atoms with Gasteiger partial charge < -0.3 is 24.4 Å². The maximum absolute atomic E-state index is 5.42. The molecule has 5 rings (SSSR count). The summed E-state index contributed by atoms with van der Waals surface area (Å²) in [5, 5.41) is 1.07. The van der Waals surface area contributed by atoms with Gasteiger partial charge >= 0.3 is 0 Å². The average Bonchev–Trinajstić information content (AvgIpc) is 3.24. The topological polar surface area (TPSA) is 86.3 Å². The summed E-state index contributed by atoms with van der Waals surface area (Å²) in [5.41, 5.74) is 0.883. The first-order valence-corrected chi connectivity index (χ1v) is 9.32. The van der Waals surface area contributed by atoms with Gasteiger partial charge in [0.2, 0.25) is 5.95 Å². The highest BCUT2D eigenvalue weighted by Gasteiger charge is 2.22. The lowest BCUT2D eigenvalue weighted by molar-refractivity contribution is 0.122. The van der Waals surface area contributed by atoms with Crippen molar-refractivity contribution in [1.82, 2.24) is 24.9 Å². The molecule has 0 spiro atoms. The number of morpholine rings is 1. The Labute approximate surface area is 157 Å². The fourth-order valence-corrected chi connectivity index (χ4v) is 3.69. The van der Waals surface area contributed by atoms with E-state index in [0.29, 0.717) is 0 Å². The molecule has 9 nitrogen and oxygen atoms in total. The van der Waals surface area contributed by atoms with Crippen LogP contribution in [0.5, 0.6) is 0 Å². The first-order valence-electron chi connectivity index (χ1n) is 9.32. The summed E-state index contributed by atoms with van der Waals surface area (Å²) < 4.78 is 5.42. The van der Waals surface area contributed by atoms with Crippen LogP contribution in [0, 0.1) is 0 Å². The number of aromatic nitrogens is 5. The summed E-state index contributed by atoms with van der Waals surface area (Å²) in [6, 6.07) is 4.03. The molecule has 27 heavy (non-hydrogen) atoms. The highest BCUT2D eigenvalue weighted by Crippen LogP contribution is 2.24. The molecule has 0 atom stereocenters. The number of ether oxygens (including phenoxy) is 1. The van der Waals surface area contributed by atoms with Gasteiger partial charge in [0.25, 0.3) is 0 Å². The van der Waals surface area contributed by atoms with Crippen LogP contribution in [-0.2, 0) is 4.74 Å². The molecule has 3 aromatic rings. The lowest BCUT2D eigenvalue weighted by atomic mass is 10.2. The molecule has 5 heterocycles. The smallest absolute Gasteiger partial charge is 0.227 e. The SMILES string of the molecule is c1cc(N2CCN(c3ncnc4[nH]ccc34)CC2)nc(N2CCOCC2)n1. The number of nitrogens with zero attached hydrogens (tertiary/aromatic N) is 7. The molecule has 2 fully saturated rings. The monoisotopic (exact) mass is 366 g/mol. The summed E-state index contributed by atoms with van der Waals surface area (Å²) >= 11 is 0. The van der Waals surface area contributed by atoms with Crippen LogP contribution >= 0.6 is 0 Å². The molecule has 1 N–H and O–H groups in total. The normalized spacial score (nSPS) is 18.3. The summed E-state index contributed by atoms with van der Waals surface area (Å²) in [4.78, 5) is 28.0. The minimum absolute atomic E-state index is 0.735. The van der Waals surface area contributed by atoms with Gasteiger partial charge in [-0.15, -0.1) is 0 Å². The Bertz CT molecular complexity index is 914. The third-order valence-electron chi connectivity index (χ3n) is 5.16. The molecular formula is C18H22N8O. The van der Waals surface area contributed by atoms with Crippen molar-refractivity contribution in [3.8, 4) is 0 Å². The van der Waals surface area contributed by atoms with Crippen LogP contribution in [0.1, 0.15) is 0 Å². The van der Waals surface area contributed by atoms with Crippen LogP contribution in [0.15, 0.2) is 30.9 Å². The maximum atomic E-state index is 5.42. The Hall–Kier alpha value is -2.94.